The zero-order valence-electron chi connectivity index (χ0n) is 14.5. The van der Waals surface area contributed by atoms with E-state index in [-0.39, 0.29) is 11.3 Å². The molecule has 0 amide bonds. The summed E-state index contributed by atoms with van der Waals surface area (Å²) in [6, 6.07) is 0. The third-order valence-corrected chi connectivity index (χ3v) is 4.98. The Labute approximate surface area is 133 Å². The normalized spacial score (nSPS) is 23.7. The second kappa shape index (κ2) is 6.41. The van der Waals surface area contributed by atoms with E-state index in [4.69, 9.17) is 0 Å². The lowest BCUT2D eigenvalue weighted by atomic mass is 9.73. The Kier molecular flexibility index (Phi) is 4.95. The summed E-state index contributed by atoms with van der Waals surface area (Å²) in [6.07, 6.45) is 3.66. The number of carboxylic acid groups (broad SMARTS) is 1. The summed E-state index contributed by atoms with van der Waals surface area (Å²) in [5.41, 5.74) is 2.60. The highest BCUT2D eigenvalue weighted by atomic mass is 16.4. The summed E-state index contributed by atoms with van der Waals surface area (Å²) in [6.45, 7) is 11.2. The predicted molar refractivity (Wildman–Crippen MR) is 86.6 cm³/mol. The lowest BCUT2D eigenvalue weighted by Crippen LogP contribution is -2.46. The summed E-state index contributed by atoms with van der Waals surface area (Å²) in [7, 11) is 1.97. The second-order valence-corrected chi connectivity index (χ2v) is 7.62. The van der Waals surface area contributed by atoms with E-state index in [1.807, 2.05) is 17.9 Å². The van der Waals surface area contributed by atoms with Crippen LogP contribution in [0.25, 0.3) is 0 Å². The average molecular weight is 307 g/mol. The third-order valence-electron chi connectivity index (χ3n) is 4.98. The number of aromatic nitrogens is 2. The molecule has 0 unspecified atom stereocenters. The molecule has 0 spiro atoms. The van der Waals surface area contributed by atoms with Crippen molar-refractivity contribution in [2.75, 3.05) is 13.1 Å². The monoisotopic (exact) mass is 307 g/mol. The van der Waals surface area contributed by atoms with Crippen molar-refractivity contribution < 1.29 is 9.90 Å². The number of carbonyl (C=O) groups is 1. The summed E-state index contributed by atoms with van der Waals surface area (Å²) < 4.78 is 1.93. The maximum absolute atomic E-state index is 11.5. The first-order chi connectivity index (χ1) is 10.2. The van der Waals surface area contributed by atoms with E-state index in [2.05, 4.69) is 37.7 Å². The number of hydrogen-bond acceptors (Lipinski definition) is 3. The molecule has 0 aliphatic carbocycles. The highest BCUT2D eigenvalue weighted by molar-refractivity contribution is 5.70. The van der Waals surface area contributed by atoms with Crippen LogP contribution in [0.2, 0.25) is 0 Å². The van der Waals surface area contributed by atoms with Gasteiger partial charge in [0.25, 0.3) is 0 Å². The van der Waals surface area contributed by atoms with Gasteiger partial charge in [0, 0.05) is 37.9 Å². The van der Waals surface area contributed by atoms with Crippen LogP contribution in [0.3, 0.4) is 0 Å². The van der Waals surface area contributed by atoms with Crippen molar-refractivity contribution >= 4 is 5.97 Å². The molecule has 1 aromatic rings. The zero-order chi connectivity index (χ0) is 16.5. The van der Waals surface area contributed by atoms with E-state index < -0.39 is 5.97 Å². The largest absolute Gasteiger partial charge is 0.481 e. The lowest BCUT2D eigenvalue weighted by molar-refractivity contribution is -0.145. The molecule has 1 aliphatic heterocycles. The molecule has 2 atom stereocenters. The Balaban J connectivity index is 2.16. The van der Waals surface area contributed by atoms with Gasteiger partial charge in [0.2, 0.25) is 0 Å². The molecule has 1 N–H and O–H groups in total. The Morgan fingerprint density at radius 3 is 2.64 bits per heavy atom. The standard InChI is InChI=1S/C17H29N3O2/c1-6-15-13(8-18-19(15)5)10-20-9-12(16(21)22)7-14(11-20)17(2,3)4/h8,12,14H,6-7,9-11H2,1-5H3,(H,21,22)/t12-,14+/m1/s1. The molecule has 2 rings (SSSR count). The molecule has 5 nitrogen and oxygen atoms in total. The van der Waals surface area contributed by atoms with Crippen LogP contribution < -0.4 is 0 Å². The predicted octanol–water partition coefficient (Wildman–Crippen LogP) is 2.55. The average Bonchev–Trinajstić information content (AvgIpc) is 2.77. The van der Waals surface area contributed by atoms with Crippen molar-refractivity contribution in [3.63, 3.8) is 0 Å². The molecule has 0 saturated carbocycles. The molecular formula is C17H29N3O2. The SMILES string of the molecule is CCc1c(CN2C[C@H](C(=O)O)C[C@H](C(C)(C)C)C2)cnn1C. The molecular weight excluding hydrogens is 278 g/mol. The number of aliphatic carboxylic acids is 1. The van der Waals surface area contributed by atoms with E-state index in [9.17, 15) is 9.90 Å². The van der Waals surface area contributed by atoms with Gasteiger partial charge in [0.1, 0.15) is 0 Å². The number of hydrogen-bond donors (Lipinski definition) is 1. The van der Waals surface area contributed by atoms with Crippen LogP contribution in [0.1, 0.15) is 45.4 Å². The molecule has 1 fully saturated rings. The first-order valence-corrected chi connectivity index (χ1v) is 8.17. The highest BCUT2D eigenvalue weighted by Crippen LogP contribution is 2.36. The smallest absolute Gasteiger partial charge is 0.307 e. The van der Waals surface area contributed by atoms with Gasteiger partial charge in [-0.1, -0.05) is 27.7 Å². The van der Waals surface area contributed by atoms with Gasteiger partial charge in [0.05, 0.1) is 12.1 Å². The van der Waals surface area contributed by atoms with Crippen LogP contribution in [-0.2, 0) is 24.8 Å². The molecule has 2 heterocycles. The van der Waals surface area contributed by atoms with Gasteiger partial charge in [-0.3, -0.25) is 14.4 Å². The first kappa shape index (κ1) is 17.0. The number of likely N-dealkylation sites (tertiary alicyclic amines) is 1. The van der Waals surface area contributed by atoms with Gasteiger partial charge in [-0.05, 0) is 24.2 Å². The van der Waals surface area contributed by atoms with Gasteiger partial charge in [-0.2, -0.15) is 5.10 Å². The number of rotatable bonds is 4. The summed E-state index contributed by atoms with van der Waals surface area (Å²) in [5.74, 6) is -0.523. The fraction of sp³-hybridized carbons (Fsp3) is 0.765. The van der Waals surface area contributed by atoms with Crippen molar-refractivity contribution in [2.24, 2.45) is 24.3 Å². The summed E-state index contributed by atoms with van der Waals surface area (Å²) in [5, 5.41) is 13.8. The zero-order valence-corrected chi connectivity index (χ0v) is 14.5. The summed E-state index contributed by atoms with van der Waals surface area (Å²) >= 11 is 0. The molecule has 5 heteroatoms. The third kappa shape index (κ3) is 3.69. The van der Waals surface area contributed by atoms with Crippen molar-refractivity contribution in [2.45, 2.75) is 47.1 Å². The van der Waals surface area contributed by atoms with Gasteiger partial charge in [-0.25, -0.2) is 0 Å². The molecule has 1 aromatic heterocycles. The Bertz CT molecular complexity index is 530. The first-order valence-electron chi connectivity index (χ1n) is 8.17. The highest BCUT2D eigenvalue weighted by Gasteiger charge is 2.37. The molecule has 1 aliphatic rings. The van der Waals surface area contributed by atoms with E-state index in [0.29, 0.717) is 12.5 Å². The fourth-order valence-electron chi connectivity index (χ4n) is 3.46. The van der Waals surface area contributed by atoms with Crippen LogP contribution in [0.15, 0.2) is 6.20 Å². The molecule has 124 valence electrons. The van der Waals surface area contributed by atoms with E-state index in [1.165, 1.54) is 11.3 Å². The van der Waals surface area contributed by atoms with Crippen LogP contribution in [0.4, 0.5) is 0 Å². The van der Waals surface area contributed by atoms with E-state index in [1.54, 1.807) is 0 Å². The minimum Gasteiger partial charge on any atom is -0.481 e. The Morgan fingerprint density at radius 1 is 1.41 bits per heavy atom. The second-order valence-electron chi connectivity index (χ2n) is 7.62. The van der Waals surface area contributed by atoms with Crippen molar-refractivity contribution in [1.82, 2.24) is 14.7 Å². The maximum atomic E-state index is 11.5. The molecule has 22 heavy (non-hydrogen) atoms. The van der Waals surface area contributed by atoms with Crippen LogP contribution >= 0.6 is 0 Å². The lowest BCUT2D eigenvalue weighted by Gasteiger charge is -2.42. The van der Waals surface area contributed by atoms with E-state index >= 15 is 0 Å². The number of carboxylic acids is 1. The number of nitrogens with zero attached hydrogens (tertiary/aromatic N) is 3. The maximum Gasteiger partial charge on any atom is 0.307 e. The minimum atomic E-state index is -0.666. The van der Waals surface area contributed by atoms with Crippen LogP contribution in [0, 0.1) is 17.3 Å². The van der Waals surface area contributed by atoms with Crippen molar-refractivity contribution in [3.8, 4) is 0 Å². The van der Waals surface area contributed by atoms with Gasteiger partial charge in [0.15, 0.2) is 0 Å². The van der Waals surface area contributed by atoms with E-state index in [0.717, 1.165) is 25.9 Å². The molecule has 0 bridgehead atoms. The molecule has 0 aromatic carbocycles. The Hall–Kier alpha value is -1.36. The van der Waals surface area contributed by atoms with Gasteiger partial charge in [-0.15, -0.1) is 0 Å². The summed E-state index contributed by atoms with van der Waals surface area (Å²) in [4.78, 5) is 13.8. The van der Waals surface area contributed by atoms with Crippen LogP contribution in [-0.4, -0.2) is 38.8 Å². The van der Waals surface area contributed by atoms with Gasteiger partial charge >= 0.3 is 5.97 Å². The van der Waals surface area contributed by atoms with Crippen LogP contribution in [0.5, 0.6) is 0 Å². The minimum absolute atomic E-state index is 0.134. The van der Waals surface area contributed by atoms with Crippen molar-refractivity contribution in [1.29, 1.82) is 0 Å². The quantitative estimate of drug-likeness (QED) is 0.929. The number of aryl methyl sites for hydroxylation is 1. The molecule has 1 saturated heterocycles. The Morgan fingerprint density at radius 2 is 2.09 bits per heavy atom. The van der Waals surface area contributed by atoms with Gasteiger partial charge < -0.3 is 5.11 Å². The topological polar surface area (TPSA) is 58.4 Å². The van der Waals surface area contributed by atoms with Crippen molar-refractivity contribution in [3.05, 3.63) is 17.5 Å². The molecule has 0 radical (unpaired) electrons. The number of piperidine rings is 1. The fourth-order valence-corrected chi connectivity index (χ4v) is 3.46.